The summed E-state index contributed by atoms with van der Waals surface area (Å²) in [6.07, 6.45) is 5.90. The molecule has 1 N–H and O–H groups in total. The molecule has 24 heavy (non-hydrogen) atoms. The molecule has 130 valence electrons. The number of hydrogen-bond donors (Lipinski definition) is 1. The van der Waals surface area contributed by atoms with Crippen LogP contribution in [0.4, 0.5) is 0 Å². The number of aryl methyl sites for hydroxylation is 1. The Kier molecular flexibility index (Phi) is 4.29. The Morgan fingerprint density at radius 2 is 1.96 bits per heavy atom. The number of rotatable bonds is 3. The minimum absolute atomic E-state index is 0.0210. The number of aromatic nitrogens is 4. The number of carbonyl (C=O) groups excluding carboxylic acids is 1. The number of nitrogens with one attached hydrogen (secondary N) is 1. The van der Waals surface area contributed by atoms with E-state index in [-0.39, 0.29) is 24.0 Å². The van der Waals surface area contributed by atoms with Gasteiger partial charge in [0.05, 0.1) is 6.33 Å². The Labute approximate surface area is 139 Å². The second-order valence-electron chi connectivity index (χ2n) is 6.69. The van der Waals surface area contributed by atoms with E-state index in [9.17, 15) is 14.4 Å². The van der Waals surface area contributed by atoms with Crippen LogP contribution in [0.1, 0.15) is 32.6 Å². The predicted octanol–water partition coefficient (Wildman–Crippen LogP) is 0.129. The molecule has 1 fully saturated rings. The highest BCUT2D eigenvalue weighted by Gasteiger charge is 2.23. The maximum Gasteiger partial charge on any atom is 0.332 e. The molecule has 2 aromatic heterocycles. The first kappa shape index (κ1) is 16.5. The van der Waals surface area contributed by atoms with Gasteiger partial charge in [0.15, 0.2) is 11.2 Å². The van der Waals surface area contributed by atoms with Gasteiger partial charge in [0.2, 0.25) is 5.91 Å². The molecule has 1 amide bonds. The van der Waals surface area contributed by atoms with Gasteiger partial charge < -0.3 is 9.88 Å². The van der Waals surface area contributed by atoms with Crippen LogP contribution in [-0.4, -0.2) is 30.6 Å². The highest BCUT2D eigenvalue weighted by Crippen LogP contribution is 2.23. The average molecular weight is 333 g/mol. The fourth-order valence-electron chi connectivity index (χ4n) is 3.45. The summed E-state index contributed by atoms with van der Waals surface area (Å²) in [6.45, 7) is 2.18. The molecule has 8 heteroatoms. The van der Waals surface area contributed by atoms with E-state index >= 15 is 0 Å². The Bertz CT molecular complexity index is 891. The second kappa shape index (κ2) is 6.26. The fraction of sp³-hybridized carbons (Fsp3) is 0.625. The molecule has 0 spiro atoms. The summed E-state index contributed by atoms with van der Waals surface area (Å²) in [5, 5.41) is 3.07. The molecule has 2 heterocycles. The van der Waals surface area contributed by atoms with Gasteiger partial charge >= 0.3 is 5.69 Å². The molecule has 1 saturated carbocycles. The van der Waals surface area contributed by atoms with E-state index in [4.69, 9.17) is 0 Å². The van der Waals surface area contributed by atoms with Gasteiger partial charge in [-0.1, -0.05) is 19.8 Å². The monoisotopic (exact) mass is 333 g/mol. The molecule has 2 atom stereocenters. The van der Waals surface area contributed by atoms with Gasteiger partial charge in [-0.25, -0.2) is 9.78 Å². The van der Waals surface area contributed by atoms with Crippen molar-refractivity contribution in [2.24, 2.45) is 20.0 Å². The molecule has 0 bridgehead atoms. The van der Waals surface area contributed by atoms with Crippen LogP contribution in [0.2, 0.25) is 0 Å². The third kappa shape index (κ3) is 2.76. The zero-order chi connectivity index (χ0) is 17.4. The highest BCUT2D eigenvalue weighted by atomic mass is 16.2. The van der Waals surface area contributed by atoms with Crippen molar-refractivity contribution in [3.8, 4) is 0 Å². The topological polar surface area (TPSA) is 90.9 Å². The second-order valence-corrected chi connectivity index (χ2v) is 6.69. The Hall–Kier alpha value is -2.38. The normalized spacial score (nSPS) is 21.1. The Balaban J connectivity index is 1.87. The van der Waals surface area contributed by atoms with E-state index in [1.165, 1.54) is 28.9 Å². The van der Waals surface area contributed by atoms with E-state index < -0.39 is 11.2 Å². The van der Waals surface area contributed by atoms with Crippen LogP contribution in [0.3, 0.4) is 0 Å². The summed E-state index contributed by atoms with van der Waals surface area (Å²) in [5.74, 6) is 0.333. The van der Waals surface area contributed by atoms with Crippen molar-refractivity contribution in [1.82, 2.24) is 24.0 Å². The molecule has 1 aliphatic carbocycles. The van der Waals surface area contributed by atoms with E-state index in [1.807, 2.05) is 0 Å². The number of hydrogen-bond acceptors (Lipinski definition) is 4. The van der Waals surface area contributed by atoms with Gasteiger partial charge in [-0.3, -0.25) is 18.7 Å². The van der Waals surface area contributed by atoms with Crippen LogP contribution in [0, 0.1) is 5.92 Å². The first-order valence-corrected chi connectivity index (χ1v) is 8.30. The zero-order valence-electron chi connectivity index (χ0n) is 14.3. The molecule has 0 saturated heterocycles. The summed E-state index contributed by atoms with van der Waals surface area (Å²) in [7, 11) is 2.98. The number of fused-ring (bicyclic) bond motifs is 1. The molecule has 8 nitrogen and oxygen atoms in total. The van der Waals surface area contributed by atoms with Crippen molar-refractivity contribution in [3.05, 3.63) is 27.2 Å². The Morgan fingerprint density at radius 3 is 2.67 bits per heavy atom. The molecule has 0 radical (unpaired) electrons. The lowest BCUT2D eigenvalue weighted by Crippen LogP contribution is -2.43. The minimum Gasteiger partial charge on any atom is -0.352 e. The Morgan fingerprint density at radius 1 is 1.25 bits per heavy atom. The van der Waals surface area contributed by atoms with E-state index in [1.54, 1.807) is 7.05 Å². The van der Waals surface area contributed by atoms with Crippen molar-refractivity contribution in [3.63, 3.8) is 0 Å². The van der Waals surface area contributed by atoms with Crippen LogP contribution in [0.15, 0.2) is 15.9 Å². The summed E-state index contributed by atoms with van der Waals surface area (Å²) in [6, 6.07) is 0.188. The summed E-state index contributed by atoms with van der Waals surface area (Å²) >= 11 is 0. The maximum absolute atomic E-state index is 12.4. The lowest BCUT2D eigenvalue weighted by molar-refractivity contribution is -0.122. The average Bonchev–Trinajstić information content (AvgIpc) is 2.96. The molecule has 1 aliphatic rings. The predicted molar refractivity (Wildman–Crippen MR) is 89.8 cm³/mol. The van der Waals surface area contributed by atoms with Gasteiger partial charge in [0.1, 0.15) is 6.54 Å². The first-order valence-electron chi connectivity index (χ1n) is 8.30. The number of carbonyl (C=O) groups is 1. The third-order valence-electron chi connectivity index (χ3n) is 4.99. The lowest BCUT2D eigenvalue weighted by Gasteiger charge is -2.29. The van der Waals surface area contributed by atoms with Crippen LogP contribution in [0.5, 0.6) is 0 Å². The van der Waals surface area contributed by atoms with Crippen LogP contribution < -0.4 is 16.6 Å². The van der Waals surface area contributed by atoms with Crippen molar-refractivity contribution < 1.29 is 4.79 Å². The van der Waals surface area contributed by atoms with E-state index in [0.717, 1.165) is 23.8 Å². The molecule has 0 unspecified atom stereocenters. The number of amides is 1. The molecule has 2 aromatic rings. The maximum atomic E-state index is 12.4. The quantitative estimate of drug-likeness (QED) is 0.864. The summed E-state index contributed by atoms with van der Waals surface area (Å²) < 4.78 is 3.86. The van der Waals surface area contributed by atoms with Crippen LogP contribution in [-0.2, 0) is 25.4 Å². The van der Waals surface area contributed by atoms with Crippen LogP contribution in [0.25, 0.3) is 11.2 Å². The zero-order valence-corrected chi connectivity index (χ0v) is 14.3. The highest BCUT2D eigenvalue weighted by molar-refractivity contribution is 5.79. The van der Waals surface area contributed by atoms with Gasteiger partial charge in [-0.2, -0.15) is 0 Å². The van der Waals surface area contributed by atoms with Crippen molar-refractivity contribution in [2.45, 2.75) is 45.2 Å². The minimum atomic E-state index is -0.440. The smallest absolute Gasteiger partial charge is 0.332 e. The number of nitrogens with zero attached hydrogens (tertiary/aromatic N) is 4. The lowest BCUT2D eigenvalue weighted by atomic mass is 9.86. The molecular formula is C16H23N5O3. The van der Waals surface area contributed by atoms with Crippen LogP contribution >= 0.6 is 0 Å². The summed E-state index contributed by atoms with van der Waals surface area (Å²) in [5.41, 5.74) is -0.309. The molecule has 0 aliphatic heterocycles. The van der Waals surface area contributed by atoms with E-state index in [0.29, 0.717) is 11.6 Å². The molecular weight excluding hydrogens is 310 g/mol. The number of imidazole rings is 1. The van der Waals surface area contributed by atoms with E-state index in [2.05, 4.69) is 17.2 Å². The SMILES string of the molecule is C[C@H]1CCCC[C@H]1NC(=O)Cn1cnc2c1c(=O)n(C)c(=O)n2C. The third-order valence-corrected chi connectivity index (χ3v) is 4.99. The standard InChI is InChI=1S/C16H23N5O3/c1-10-6-4-5-7-11(10)18-12(22)8-21-9-17-14-13(21)15(23)20(3)16(24)19(14)2/h9-11H,4-8H2,1-3H3,(H,18,22)/t10-,11+/m0/s1. The van der Waals surface area contributed by atoms with Gasteiger partial charge in [-0.05, 0) is 18.8 Å². The fourth-order valence-corrected chi connectivity index (χ4v) is 3.45. The largest absolute Gasteiger partial charge is 0.352 e. The van der Waals surface area contributed by atoms with Crippen molar-refractivity contribution in [1.29, 1.82) is 0 Å². The van der Waals surface area contributed by atoms with Crippen molar-refractivity contribution >= 4 is 17.1 Å². The van der Waals surface area contributed by atoms with Gasteiger partial charge in [0, 0.05) is 20.1 Å². The summed E-state index contributed by atoms with van der Waals surface area (Å²) in [4.78, 5) is 40.8. The molecule has 3 rings (SSSR count). The van der Waals surface area contributed by atoms with Crippen molar-refractivity contribution in [2.75, 3.05) is 0 Å². The first-order chi connectivity index (χ1) is 11.4. The van der Waals surface area contributed by atoms with Gasteiger partial charge in [-0.15, -0.1) is 0 Å². The van der Waals surface area contributed by atoms with Gasteiger partial charge in [0.25, 0.3) is 5.56 Å². The molecule has 0 aromatic carbocycles.